The van der Waals surface area contributed by atoms with E-state index < -0.39 is 23.5 Å². The third kappa shape index (κ3) is 3.32. The Labute approximate surface area is 146 Å². The largest absolute Gasteiger partial charge is 0.468 e. The summed E-state index contributed by atoms with van der Waals surface area (Å²) in [5, 5.41) is 6.46. The van der Waals surface area contributed by atoms with Gasteiger partial charge in [-0.1, -0.05) is 0 Å². The van der Waals surface area contributed by atoms with E-state index in [2.05, 4.69) is 15.2 Å². The molecule has 0 spiro atoms. The van der Waals surface area contributed by atoms with Crippen LogP contribution in [0.2, 0.25) is 0 Å². The van der Waals surface area contributed by atoms with E-state index in [4.69, 9.17) is 0 Å². The van der Waals surface area contributed by atoms with Gasteiger partial charge >= 0.3 is 5.97 Å². The molecule has 3 aromatic rings. The number of esters is 1. The molecular weight excluding hydrogens is 346 g/mol. The maximum Gasteiger partial charge on any atom is 0.325 e. The lowest BCUT2D eigenvalue weighted by Crippen LogP contribution is -2.30. The van der Waals surface area contributed by atoms with E-state index >= 15 is 0 Å². The fraction of sp³-hybridized carbons (Fsp3) is 0.118. The van der Waals surface area contributed by atoms with Crippen molar-refractivity contribution in [2.75, 3.05) is 13.7 Å². The molecule has 7 nitrogen and oxygen atoms in total. The zero-order chi connectivity index (χ0) is 18.7. The number of aromatic nitrogens is 3. The molecule has 0 fully saturated rings. The molecule has 0 atom stereocenters. The Hall–Kier alpha value is -3.49. The molecule has 2 aromatic heterocycles. The number of hydrogen-bond acceptors (Lipinski definition) is 4. The first kappa shape index (κ1) is 17.3. The first-order valence-corrected chi connectivity index (χ1v) is 7.53. The van der Waals surface area contributed by atoms with Gasteiger partial charge in [0.2, 0.25) is 0 Å². The third-order valence-electron chi connectivity index (χ3n) is 3.60. The summed E-state index contributed by atoms with van der Waals surface area (Å²) >= 11 is 0. The Morgan fingerprint density at radius 3 is 2.62 bits per heavy atom. The lowest BCUT2D eigenvalue weighted by molar-refractivity contribution is -0.139. The van der Waals surface area contributed by atoms with Crippen molar-refractivity contribution in [1.82, 2.24) is 19.7 Å². The van der Waals surface area contributed by atoms with E-state index in [0.29, 0.717) is 0 Å². The monoisotopic (exact) mass is 360 g/mol. The van der Waals surface area contributed by atoms with Gasteiger partial charge in [0.25, 0.3) is 5.91 Å². The SMILES string of the molecule is COC(=O)CNC(=O)c1cnn(-c2ccc(F)cc2F)c1-n1cccc1. The number of carbonyl (C=O) groups excluding carboxylic acids is 2. The summed E-state index contributed by atoms with van der Waals surface area (Å²) in [7, 11) is 1.20. The summed E-state index contributed by atoms with van der Waals surface area (Å²) in [6.45, 7) is -0.323. The van der Waals surface area contributed by atoms with Gasteiger partial charge in [-0.05, 0) is 24.3 Å². The minimum atomic E-state index is -0.831. The van der Waals surface area contributed by atoms with Gasteiger partial charge < -0.3 is 14.6 Å². The lowest BCUT2D eigenvalue weighted by Gasteiger charge is -2.11. The van der Waals surface area contributed by atoms with Crippen molar-refractivity contribution in [3.63, 3.8) is 0 Å². The fourth-order valence-electron chi connectivity index (χ4n) is 2.38. The average molecular weight is 360 g/mol. The van der Waals surface area contributed by atoms with E-state index in [1.54, 1.807) is 29.1 Å². The maximum absolute atomic E-state index is 14.2. The van der Waals surface area contributed by atoms with Crippen LogP contribution in [0.4, 0.5) is 8.78 Å². The quantitative estimate of drug-likeness (QED) is 0.705. The molecule has 0 saturated heterocycles. The number of nitrogens with zero attached hydrogens (tertiary/aromatic N) is 3. The van der Waals surface area contributed by atoms with Crippen molar-refractivity contribution < 1.29 is 23.1 Å². The Morgan fingerprint density at radius 2 is 1.96 bits per heavy atom. The molecule has 0 aliphatic carbocycles. The van der Waals surface area contributed by atoms with E-state index in [1.807, 2.05) is 0 Å². The number of nitrogens with one attached hydrogen (secondary N) is 1. The fourth-order valence-corrected chi connectivity index (χ4v) is 2.38. The van der Waals surface area contributed by atoms with Gasteiger partial charge in [-0.2, -0.15) is 5.10 Å². The van der Waals surface area contributed by atoms with Crippen LogP contribution in [0.5, 0.6) is 0 Å². The van der Waals surface area contributed by atoms with E-state index in [0.717, 1.165) is 12.1 Å². The molecular formula is C17H14F2N4O3. The highest BCUT2D eigenvalue weighted by atomic mass is 19.1. The molecule has 9 heteroatoms. The normalized spacial score (nSPS) is 10.6. The molecule has 1 N–H and O–H groups in total. The van der Waals surface area contributed by atoms with Crippen molar-refractivity contribution in [3.05, 3.63) is 66.1 Å². The standard InChI is InChI=1S/C17H14F2N4O3/c1-26-15(24)10-20-16(25)12-9-21-23(17(12)22-6-2-3-7-22)14-5-4-11(18)8-13(14)19/h2-9H,10H2,1H3,(H,20,25). The second-order valence-corrected chi connectivity index (χ2v) is 5.24. The van der Waals surface area contributed by atoms with Crippen molar-refractivity contribution >= 4 is 11.9 Å². The van der Waals surface area contributed by atoms with Gasteiger partial charge in [-0.3, -0.25) is 9.59 Å². The van der Waals surface area contributed by atoms with Crippen LogP contribution >= 0.6 is 0 Å². The second kappa shape index (κ2) is 7.18. The van der Waals surface area contributed by atoms with Crippen LogP contribution in [0.1, 0.15) is 10.4 Å². The van der Waals surface area contributed by atoms with Crippen LogP contribution in [-0.4, -0.2) is 39.9 Å². The molecule has 0 aliphatic heterocycles. The number of methoxy groups -OCH3 is 1. The van der Waals surface area contributed by atoms with Gasteiger partial charge in [0.05, 0.1) is 13.3 Å². The number of halogens is 2. The van der Waals surface area contributed by atoms with Crippen molar-refractivity contribution in [1.29, 1.82) is 0 Å². The number of hydrogen-bond donors (Lipinski definition) is 1. The number of ether oxygens (including phenoxy) is 1. The van der Waals surface area contributed by atoms with Crippen LogP contribution < -0.4 is 5.32 Å². The predicted octanol–water partition coefficient (Wildman–Crippen LogP) is 1.84. The molecule has 3 rings (SSSR count). The zero-order valence-electron chi connectivity index (χ0n) is 13.6. The molecule has 0 saturated carbocycles. The van der Waals surface area contributed by atoms with Crippen LogP contribution in [-0.2, 0) is 9.53 Å². The summed E-state index contributed by atoms with van der Waals surface area (Å²) in [5.74, 6) is -2.52. The van der Waals surface area contributed by atoms with E-state index in [9.17, 15) is 18.4 Å². The number of carbonyl (C=O) groups is 2. The van der Waals surface area contributed by atoms with E-state index in [-0.39, 0.29) is 23.6 Å². The Balaban J connectivity index is 2.05. The maximum atomic E-state index is 14.2. The minimum absolute atomic E-state index is 0.0258. The predicted molar refractivity (Wildman–Crippen MR) is 87.2 cm³/mol. The summed E-state index contributed by atoms with van der Waals surface area (Å²) in [6, 6.07) is 6.48. The average Bonchev–Trinajstić information content (AvgIpc) is 3.28. The van der Waals surface area contributed by atoms with Crippen LogP contribution in [0.15, 0.2) is 48.9 Å². The van der Waals surface area contributed by atoms with Crippen LogP contribution in [0, 0.1) is 11.6 Å². The first-order chi connectivity index (χ1) is 12.5. The lowest BCUT2D eigenvalue weighted by atomic mass is 10.2. The second-order valence-electron chi connectivity index (χ2n) is 5.24. The molecule has 0 bridgehead atoms. The molecule has 1 aromatic carbocycles. The topological polar surface area (TPSA) is 78.2 Å². The molecule has 2 heterocycles. The van der Waals surface area contributed by atoms with Crippen molar-refractivity contribution in [2.24, 2.45) is 0 Å². The van der Waals surface area contributed by atoms with Gasteiger partial charge in [0, 0.05) is 18.5 Å². The van der Waals surface area contributed by atoms with Gasteiger partial charge in [-0.15, -0.1) is 0 Å². The van der Waals surface area contributed by atoms with Crippen molar-refractivity contribution in [2.45, 2.75) is 0 Å². The number of rotatable bonds is 5. The highest BCUT2D eigenvalue weighted by Gasteiger charge is 2.22. The highest BCUT2D eigenvalue weighted by molar-refractivity contribution is 5.98. The number of benzene rings is 1. The Kier molecular flexibility index (Phi) is 4.78. The van der Waals surface area contributed by atoms with Gasteiger partial charge in [0.15, 0.2) is 11.6 Å². The zero-order valence-corrected chi connectivity index (χ0v) is 13.6. The molecule has 134 valence electrons. The minimum Gasteiger partial charge on any atom is -0.468 e. The molecule has 0 radical (unpaired) electrons. The molecule has 0 unspecified atom stereocenters. The molecule has 1 amide bonds. The Bertz CT molecular complexity index is 951. The summed E-state index contributed by atoms with van der Waals surface area (Å²) in [6.07, 6.45) is 4.53. The molecule has 0 aliphatic rings. The van der Waals surface area contributed by atoms with Crippen LogP contribution in [0.25, 0.3) is 11.5 Å². The first-order valence-electron chi connectivity index (χ1n) is 7.53. The van der Waals surface area contributed by atoms with Gasteiger partial charge in [-0.25, -0.2) is 13.5 Å². The van der Waals surface area contributed by atoms with Gasteiger partial charge in [0.1, 0.15) is 23.6 Å². The number of amides is 1. The van der Waals surface area contributed by atoms with Crippen molar-refractivity contribution in [3.8, 4) is 11.5 Å². The highest BCUT2D eigenvalue weighted by Crippen LogP contribution is 2.22. The Morgan fingerprint density at radius 1 is 1.23 bits per heavy atom. The molecule has 26 heavy (non-hydrogen) atoms. The van der Waals surface area contributed by atoms with Crippen LogP contribution in [0.3, 0.4) is 0 Å². The summed E-state index contributed by atoms with van der Waals surface area (Å²) in [5.41, 5.74) is 0.0796. The van der Waals surface area contributed by atoms with E-state index in [1.165, 1.54) is 24.1 Å². The summed E-state index contributed by atoms with van der Waals surface area (Å²) < 4.78 is 34.6. The third-order valence-corrected chi connectivity index (χ3v) is 3.60. The smallest absolute Gasteiger partial charge is 0.325 e. The summed E-state index contributed by atoms with van der Waals surface area (Å²) in [4.78, 5) is 23.6.